The molecule has 20 heavy (non-hydrogen) atoms. The molecule has 0 aliphatic carbocycles. The molecular formula is C17H16N2O. The topological polar surface area (TPSA) is 37.9 Å². The molecule has 0 aliphatic heterocycles. The lowest BCUT2D eigenvalue weighted by atomic mass is 10.1. The van der Waals surface area contributed by atoms with Crippen molar-refractivity contribution in [2.75, 3.05) is 0 Å². The normalized spacial score (nSPS) is 10.4. The van der Waals surface area contributed by atoms with E-state index >= 15 is 0 Å². The van der Waals surface area contributed by atoms with Crippen LogP contribution in [0.25, 0.3) is 11.1 Å². The van der Waals surface area contributed by atoms with Crippen LogP contribution in [0.4, 0.5) is 0 Å². The zero-order valence-corrected chi connectivity index (χ0v) is 11.3. The lowest BCUT2D eigenvalue weighted by Gasteiger charge is -2.07. The molecule has 0 saturated carbocycles. The summed E-state index contributed by atoms with van der Waals surface area (Å²) in [6.45, 7) is 2.61. The van der Waals surface area contributed by atoms with Crippen LogP contribution in [-0.2, 0) is 6.61 Å². The van der Waals surface area contributed by atoms with Crippen molar-refractivity contribution in [1.29, 1.82) is 0 Å². The molecular weight excluding hydrogens is 248 g/mol. The number of aryl methyl sites for hydroxylation is 1. The van der Waals surface area contributed by atoms with Gasteiger partial charge in [0.05, 0.1) is 11.8 Å². The van der Waals surface area contributed by atoms with Gasteiger partial charge >= 0.3 is 0 Å². The Morgan fingerprint density at radius 1 is 1.00 bits per heavy atom. The van der Waals surface area contributed by atoms with E-state index in [0.717, 1.165) is 16.7 Å². The van der Waals surface area contributed by atoms with E-state index in [1.165, 1.54) is 5.56 Å². The van der Waals surface area contributed by atoms with E-state index in [-0.39, 0.29) is 0 Å². The number of aromatic nitrogens is 2. The monoisotopic (exact) mass is 264 g/mol. The summed E-state index contributed by atoms with van der Waals surface area (Å²) in [5.74, 6) is 0.706. The Kier molecular flexibility index (Phi) is 3.50. The highest BCUT2D eigenvalue weighted by Gasteiger charge is 2.08. The highest BCUT2D eigenvalue weighted by atomic mass is 16.5. The SMILES string of the molecule is Cc1ccc(-c2cn[nH]c2OCc2ccccc2)cc1. The van der Waals surface area contributed by atoms with Crippen LogP contribution in [0, 0.1) is 6.92 Å². The van der Waals surface area contributed by atoms with Crippen LogP contribution in [0.5, 0.6) is 5.88 Å². The molecule has 1 heterocycles. The third kappa shape index (κ3) is 2.72. The van der Waals surface area contributed by atoms with E-state index in [1.54, 1.807) is 6.20 Å². The lowest BCUT2D eigenvalue weighted by Crippen LogP contribution is -1.96. The molecule has 2 aromatic carbocycles. The van der Waals surface area contributed by atoms with Crippen LogP contribution in [-0.4, -0.2) is 10.2 Å². The number of H-pyrrole nitrogens is 1. The Bertz CT molecular complexity index is 672. The van der Waals surface area contributed by atoms with Gasteiger partial charge in [0.1, 0.15) is 6.61 Å². The largest absolute Gasteiger partial charge is 0.473 e. The van der Waals surface area contributed by atoms with E-state index in [0.29, 0.717) is 12.5 Å². The minimum absolute atomic E-state index is 0.530. The summed E-state index contributed by atoms with van der Waals surface area (Å²) >= 11 is 0. The van der Waals surface area contributed by atoms with Crippen molar-refractivity contribution in [3.63, 3.8) is 0 Å². The molecule has 3 nitrogen and oxygen atoms in total. The lowest BCUT2D eigenvalue weighted by molar-refractivity contribution is 0.294. The van der Waals surface area contributed by atoms with E-state index in [1.807, 2.05) is 30.3 Å². The van der Waals surface area contributed by atoms with Crippen molar-refractivity contribution in [1.82, 2.24) is 10.2 Å². The molecule has 0 spiro atoms. The van der Waals surface area contributed by atoms with Crippen molar-refractivity contribution in [3.05, 3.63) is 71.9 Å². The fourth-order valence-corrected chi connectivity index (χ4v) is 2.05. The summed E-state index contributed by atoms with van der Waals surface area (Å²) < 4.78 is 5.83. The summed E-state index contributed by atoms with van der Waals surface area (Å²) in [7, 11) is 0. The second-order valence-electron chi connectivity index (χ2n) is 4.75. The summed E-state index contributed by atoms with van der Waals surface area (Å²) in [6.07, 6.45) is 1.80. The smallest absolute Gasteiger partial charge is 0.217 e. The van der Waals surface area contributed by atoms with Gasteiger partial charge in [0, 0.05) is 0 Å². The van der Waals surface area contributed by atoms with E-state index < -0.39 is 0 Å². The zero-order chi connectivity index (χ0) is 13.8. The molecule has 0 saturated heterocycles. The molecule has 0 unspecified atom stereocenters. The maximum Gasteiger partial charge on any atom is 0.217 e. The molecule has 1 N–H and O–H groups in total. The number of hydrogen-bond acceptors (Lipinski definition) is 2. The number of nitrogens with one attached hydrogen (secondary N) is 1. The molecule has 0 aliphatic rings. The number of benzene rings is 2. The average molecular weight is 264 g/mol. The molecule has 3 heteroatoms. The number of hydrogen-bond donors (Lipinski definition) is 1. The van der Waals surface area contributed by atoms with Gasteiger partial charge in [-0.1, -0.05) is 60.2 Å². The Hall–Kier alpha value is -2.55. The molecule has 0 atom stereocenters. The van der Waals surface area contributed by atoms with Crippen molar-refractivity contribution < 1.29 is 4.74 Å². The standard InChI is InChI=1S/C17H16N2O/c1-13-7-9-15(10-8-13)16-11-18-19-17(16)20-12-14-5-3-2-4-6-14/h2-11H,12H2,1H3,(H,18,19). The number of nitrogens with zero attached hydrogens (tertiary/aromatic N) is 1. The van der Waals surface area contributed by atoms with Crippen molar-refractivity contribution in [2.45, 2.75) is 13.5 Å². The van der Waals surface area contributed by atoms with Gasteiger partial charge in [0.2, 0.25) is 5.88 Å². The van der Waals surface area contributed by atoms with Crippen molar-refractivity contribution in [2.24, 2.45) is 0 Å². The second-order valence-corrected chi connectivity index (χ2v) is 4.75. The predicted molar refractivity (Wildman–Crippen MR) is 79.5 cm³/mol. The fraction of sp³-hybridized carbons (Fsp3) is 0.118. The first-order valence-electron chi connectivity index (χ1n) is 6.60. The highest BCUT2D eigenvalue weighted by molar-refractivity contribution is 5.67. The van der Waals surface area contributed by atoms with Gasteiger partial charge in [-0.15, -0.1) is 0 Å². The van der Waals surface area contributed by atoms with Gasteiger partial charge < -0.3 is 4.74 Å². The third-order valence-electron chi connectivity index (χ3n) is 3.19. The molecule has 0 bridgehead atoms. The molecule has 0 amide bonds. The fourth-order valence-electron chi connectivity index (χ4n) is 2.05. The summed E-state index contributed by atoms with van der Waals surface area (Å²) in [5.41, 5.74) is 4.47. The number of ether oxygens (including phenoxy) is 1. The van der Waals surface area contributed by atoms with E-state index in [4.69, 9.17) is 4.74 Å². The average Bonchev–Trinajstić information content (AvgIpc) is 2.95. The maximum absolute atomic E-state index is 5.83. The highest BCUT2D eigenvalue weighted by Crippen LogP contribution is 2.28. The first-order valence-corrected chi connectivity index (χ1v) is 6.60. The summed E-state index contributed by atoms with van der Waals surface area (Å²) in [5, 5.41) is 7.00. The summed E-state index contributed by atoms with van der Waals surface area (Å²) in [4.78, 5) is 0. The maximum atomic E-state index is 5.83. The minimum atomic E-state index is 0.530. The Balaban J connectivity index is 1.78. The molecule has 3 rings (SSSR count). The van der Waals surface area contributed by atoms with Gasteiger partial charge in [-0.3, -0.25) is 0 Å². The molecule has 1 aromatic heterocycles. The third-order valence-corrected chi connectivity index (χ3v) is 3.19. The van der Waals surface area contributed by atoms with Crippen LogP contribution in [0.3, 0.4) is 0 Å². The van der Waals surface area contributed by atoms with Gasteiger partial charge in [0.15, 0.2) is 0 Å². The van der Waals surface area contributed by atoms with E-state index in [2.05, 4.69) is 41.4 Å². The van der Waals surface area contributed by atoms with E-state index in [9.17, 15) is 0 Å². The van der Waals surface area contributed by atoms with Gasteiger partial charge in [-0.25, -0.2) is 5.10 Å². The minimum Gasteiger partial charge on any atom is -0.473 e. The van der Waals surface area contributed by atoms with Gasteiger partial charge in [-0.2, -0.15) is 5.10 Å². The van der Waals surface area contributed by atoms with Crippen LogP contribution >= 0.6 is 0 Å². The second kappa shape index (κ2) is 5.61. The van der Waals surface area contributed by atoms with Crippen molar-refractivity contribution in [3.8, 4) is 17.0 Å². The van der Waals surface area contributed by atoms with Crippen LogP contribution in [0.1, 0.15) is 11.1 Å². The Labute approximate surface area is 118 Å². The summed E-state index contributed by atoms with van der Waals surface area (Å²) in [6, 6.07) is 18.4. The Morgan fingerprint density at radius 2 is 1.75 bits per heavy atom. The quantitative estimate of drug-likeness (QED) is 0.774. The van der Waals surface area contributed by atoms with Gasteiger partial charge in [0.25, 0.3) is 0 Å². The molecule has 100 valence electrons. The van der Waals surface area contributed by atoms with Crippen LogP contribution < -0.4 is 4.74 Å². The predicted octanol–water partition coefficient (Wildman–Crippen LogP) is 3.96. The first kappa shape index (κ1) is 12.5. The number of aromatic amines is 1. The van der Waals surface area contributed by atoms with Crippen LogP contribution in [0.15, 0.2) is 60.8 Å². The van der Waals surface area contributed by atoms with Gasteiger partial charge in [-0.05, 0) is 18.1 Å². The molecule has 0 fully saturated rings. The molecule has 0 radical (unpaired) electrons. The molecule has 3 aromatic rings. The zero-order valence-electron chi connectivity index (χ0n) is 11.3. The number of rotatable bonds is 4. The first-order chi connectivity index (χ1) is 9.83. The van der Waals surface area contributed by atoms with Crippen LogP contribution in [0.2, 0.25) is 0 Å². The Morgan fingerprint density at radius 3 is 2.50 bits per heavy atom. The van der Waals surface area contributed by atoms with Crippen molar-refractivity contribution >= 4 is 0 Å².